The number of nitrogens with one attached hydrogen (secondary N) is 1. The van der Waals surface area contributed by atoms with Crippen molar-refractivity contribution in [2.24, 2.45) is 0 Å². The molecular formula is C19H15NO. The van der Waals surface area contributed by atoms with E-state index in [1.54, 1.807) is 12.3 Å². The first kappa shape index (κ1) is 13.1. The van der Waals surface area contributed by atoms with Gasteiger partial charge in [-0.25, -0.2) is 0 Å². The molecule has 1 N–H and O–H groups in total. The molecule has 0 saturated heterocycles. The Morgan fingerprint density at radius 3 is 2.38 bits per heavy atom. The Bertz CT molecular complexity index is 786. The van der Waals surface area contributed by atoms with Gasteiger partial charge in [0.15, 0.2) is 5.78 Å². The number of fused-ring (bicyclic) bond motifs is 1. The summed E-state index contributed by atoms with van der Waals surface area (Å²) in [5.74, 6) is -0.0108. The lowest BCUT2D eigenvalue weighted by atomic mass is 10.1. The van der Waals surface area contributed by atoms with Crippen LogP contribution in [0, 0.1) is 0 Å². The van der Waals surface area contributed by atoms with E-state index in [2.05, 4.69) is 23.5 Å². The first-order valence-electron chi connectivity index (χ1n) is 6.85. The predicted octanol–water partition coefficient (Wildman–Crippen LogP) is 4.65. The third-order valence-corrected chi connectivity index (χ3v) is 3.32. The van der Waals surface area contributed by atoms with Crippen molar-refractivity contribution in [3.63, 3.8) is 0 Å². The summed E-state index contributed by atoms with van der Waals surface area (Å²) in [5.41, 5.74) is 1.68. The summed E-state index contributed by atoms with van der Waals surface area (Å²) < 4.78 is 0. The van der Waals surface area contributed by atoms with E-state index in [-0.39, 0.29) is 5.78 Å². The van der Waals surface area contributed by atoms with Crippen molar-refractivity contribution in [3.05, 3.63) is 90.6 Å². The minimum atomic E-state index is -0.0108. The molecule has 3 aromatic rings. The van der Waals surface area contributed by atoms with Crippen molar-refractivity contribution in [1.29, 1.82) is 0 Å². The summed E-state index contributed by atoms with van der Waals surface area (Å²) in [6.07, 6.45) is 3.24. The number of rotatable bonds is 4. The lowest BCUT2D eigenvalue weighted by Crippen LogP contribution is -1.96. The molecular weight excluding hydrogens is 258 g/mol. The zero-order chi connectivity index (χ0) is 14.5. The number of hydrogen-bond acceptors (Lipinski definition) is 2. The van der Waals surface area contributed by atoms with Crippen molar-refractivity contribution in [1.82, 2.24) is 0 Å². The van der Waals surface area contributed by atoms with E-state index >= 15 is 0 Å². The molecule has 3 rings (SSSR count). The van der Waals surface area contributed by atoms with Gasteiger partial charge < -0.3 is 5.32 Å². The maximum atomic E-state index is 12.0. The highest BCUT2D eigenvalue weighted by Gasteiger charge is 2.00. The van der Waals surface area contributed by atoms with Gasteiger partial charge in [0, 0.05) is 28.9 Å². The Kier molecular flexibility index (Phi) is 3.79. The number of ketones is 1. The van der Waals surface area contributed by atoms with Gasteiger partial charge in [0.25, 0.3) is 0 Å². The van der Waals surface area contributed by atoms with Crippen LogP contribution >= 0.6 is 0 Å². The molecule has 0 spiro atoms. The number of anilines is 1. The van der Waals surface area contributed by atoms with Crippen LogP contribution in [0.2, 0.25) is 0 Å². The van der Waals surface area contributed by atoms with Crippen molar-refractivity contribution in [3.8, 4) is 0 Å². The average molecular weight is 273 g/mol. The van der Waals surface area contributed by atoms with Crippen molar-refractivity contribution in [2.75, 3.05) is 5.32 Å². The number of carbonyl (C=O) groups is 1. The quantitative estimate of drug-likeness (QED) is 0.554. The maximum absolute atomic E-state index is 12.0. The molecule has 2 nitrogen and oxygen atoms in total. The highest BCUT2D eigenvalue weighted by molar-refractivity contribution is 6.04. The first-order chi connectivity index (χ1) is 10.3. The molecule has 0 fully saturated rings. The fraction of sp³-hybridized carbons (Fsp3) is 0. The predicted molar refractivity (Wildman–Crippen MR) is 87.5 cm³/mol. The normalized spacial score (nSPS) is 10.9. The Morgan fingerprint density at radius 2 is 1.52 bits per heavy atom. The second-order valence-corrected chi connectivity index (χ2v) is 4.73. The van der Waals surface area contributed by atoms with Gasteiger partial charge in [0.1, 0.15) is 0 Å². The largest absolute Gasteiger partial charge is 0.361 e. The molecule has 0 aliphatic carbocycles. The topological polar surface area (TPSA) is 29.1 Å². The zero-order valence-corrected chi connectivity index (χ0v) is 11.5. The number of allylic oxidation sites excluding steroid dienone is 1. The Morgan fingerprint density at radius 1 is 0.810 bits per heavy atom. The lowest BCUT2D eigenvalue weighted by molar-refractivity contribution is 0.104. The molecule has 2 heteroatoms. The Labute approximate surface area is 123 Å². The maximum Gasteiger partial charge on any atom is 0.187 e. The third kappa shape index (κ3) is 3.00. The van der Waals surface area contributed by atoms with Gasteiger partial charge in [-0.15, -0.1) is 0 Å². The van der Waals surface area contributed by atoms with Gasteiger partial charge in [-0.05, 0) is 11.5 Å². The molecule has 0 amide bonds. The van der Waals surface area contributed by atoms with Crippen LogP contribution in [0.15, 0.2) is 85.1 Å². The second kappa shape index (κ2) is 6.06. The van der Waals surface area contributed by atoms with Crippen LogP contribution in [-0.2, 0) is 0 Å². The van der Waals surface area contributed by atoms with Gasteiger partial charge in [0.2, 0.25) is 0 Å². The molecule has 0 bridgehead atoms. The molecule has 0 aliphatic rings. The highest BCUT2D eigenvalue weighted by atomic mass is 16.1. The molecule has 0 radical (unpaired) electrons. The molecule has 102 valence electrons. The van der Waals surface area contributed by atoms with Crippen LogP contribution in [-0.4, -0.2) is 5.78 Å². The molecule has 0 aliphatic heterocycles. The lowest BCUT2D eigenvalue weighted by Gasteiger charge is -2.05. The molecule has 0 unspecified atom stereocenters. The van der Waals surface area contributed by atoms with Crippen LogP contribution in [0.5, 0.6) is 0 Å². The molecule has 21 heavy (non-hydrogen) atoms. The van der Waals surface area contributed by atoms with E-state index in [9.17, 15) is 4.79 Å². The summed E-state index contributed by atoms with van der Waals surface area (Å²) in [4.78, 5) is 12.0. The molecule has 0 atom stereocenters. The number of benzene rings is 3. The fourth-order valence-electron chi connectivity index (χ4n) is 2.26. The Balaban J connectivity index is 1.78. The first-order valence-corrected chi connectivity index (χ1v) is 6.85. The van der Waals surface area contributed by atoms with E-state index in [0.717, 1.165) is 11.1 Å². The van der Waals surface area contributed by atoms with Crippen molar-refractivity contribution in [2.45, 2.75) is 0 Å². The van der Waals surface area contributed by atoms with E-state index in [1.165, 1.54) is 5.39 Å². The van der Waals surface area contributed by atoms with Crippen LogP contribution in [0.3, 0.4) is 0 Å². The van der Waals surface area contributed by atoms with Crippen LogP contribution < -0.4 is 5.32 Å². The zero-order valence-electron chi connectivity index (χ0n) is 11.5. The van der Waals surface area contributed by atoms with Crippen LogP contribution in [0.4, 0.5) is 5.69 Å². The third-order valence-electron chi connectivity index (χ3n) is 3.32. The summed E-state index contributed by atoms with van der Waals surface area (Å²) in [6.45, 7) is 0. The SMILES string of the molecule is O=C(C=CNc1cccc2ccccc12)c1ccccc1. The summed E-state index contributed by atoms with van der Waals surface area (Å²) in [5, 5.41) is 5.49. The monoisotopic (exact) mass is 273 g/mol. The van der Waals surface area contributed by atoms with E-state index in [0.29, 0.717) is 5.56 Å². The van der Waals surface area contributed by atoms with Gasteiger partial charge >= 0.3 is 0 Å². The molecule has 0 heterocycles. The van der Waals surface area contributed by atoms with Gasteiger partial charge in [0.05, 0.1) is 0 Å². The van der Waals surface area contributed by atoms with Gasteiger partial charge in [-0.1, -0.05) is 66.7 Å². The average Bonchev–Trinajstić information content (AvgIpc) is 2.56. The molecule has 0 saturated carbocycles. The van der Waals surface area contributed by atoms with E-state index in [1.807, 2.05) is 54.6 Å². The van der Waals surface area contributed by atoms with Crippen LogP contribution in [0.1, 0.15) is 10.4 Å². The van der Waals surface area contributed by atoms with Gasteiger partial charge in [-0.2, -0.15) is 0 Å². The van der Waals surface area contributed by atoms with Crippen LogP contribution in [0.25, 0.3) is 10.8 Å². The van der Waals surface area contributed by atoms with E-state index < -0.39 is 0 Å². The second-order valence-electron chi connectivity index (χ2n) is 4.73. The minimum Gasteiger partial charge on any atom is -0.361 e. The summed E-state index contributed by atoms with van der Waals surface area (Å²) in [6, 6.07) is 23.5. The highest BCUT2D eigenvalue weighted by Crippen LogP contribution is 2.22. The number of hydrogen-bond donors (Lipinski definition) is 1. The van der Waals surface area contributed by atoms with Crippen molar-refractivity contribution < 1.29 is 4.79 Å². The van der Waals surface area contributed by atoms with Gasteiger partial charge in [-0.3, -0.25) is 4.79 Å². The summed E-state index contributed by atoms with van der Waals surface area (Å²) >= 11 is 0. The smallest absolute Gasteiger partial charge is 0.187 e. The summed E-state index contributed by atoms with van der Waals surface area (Å²) in [7, 11) is 0. The Hall–Kier alpha value is -2.87. The standard InChI is InChI=1S/C19H15NO/c21-19(16-8-2-1-3-9-16)13-14-20-18-12-6-10-15-7-4-5-11-17(15)18/h1-14,20H. The molecule has 0 aromatic heterocycles. The molecule has 3 aromatic carbocycles. The van der Waals surface area contributed by atoms with Crippen molar-refractivity contribution >= 4 is 22.2 Å². The number of carbonyl (C=O) groups excluding carboxylic acids is 1. The minimum absolute atomic E-state index is 0.0108. The fourth-order valence-corrected chi connectivity index (χ4v) is 2.26. The van der Waals surface area contributed by atoms with E-state index in [4.69, 9.17) is 0 Å².